The molecule has 1 heterocycles. The third-order valence-electron chi connectivity index (χ3n) is 1.57. The van der Waals surface area contributed by atoms with Gasteiger partial charge in [0.1, 0.15) is 5.75 Å². The van der Waals surface area contributed by atoms with E-state index in [1.54, 1.807) is 12.3 Å². The third kappa shape index (κ3) is 0.589. The Morgan fingerprint density at radius 2 is 2.10 bits per heavy atom. The van der Waals surface area contributed by atoms with Gasteiger partial charge in [0.05, 0.1) is 0 Å². The molecule has 0 amide bonds. The summed E-state index contributed by atoms with van der Waals surface area (Å²) in [6, 6.07) is 7.35. The van der Waals surface area contributed by atoms with E-state index in [-0.39, 0.29) is 0 Å². The summed E-state index contributed by atoms with van der Waals surface area (Å²) in [6.07, 6.45) is 1.72. The molecule has 0 aromatic heterocycles. The molecule has 0 unspecified atom stereocenters. The zero-order valence-electron chi connectivity index (χ0n) is 5.33. The summed E-state index contributed by atoms with van der Waals surface area (Å²) in [7, 11) is 0. The lowest BCUT2D eigenvalue weighted by atomic mass is 10.2. The van der Waals surface area contributed by atoms with Crippen molar-refractivity contribution in [3.05, 3.63) is 30.5 Å². The van der Waals surface area contributed by atoms with Gasteiger partial charge in [-0.2, -0.15) is 0 Å². The van der Waals surface area contributed by atoms with Crippen LogP contribution in [0.1, 0.15) is 0 Å². The number of aromatic amines is 1. The van der Waals surface area contributed by atoms with Gasteiger partial charge in [-0.1, -0.05) is 6.07 Å². The van der Waals surface area contributed by atoms with Crippen LogP contribution in [-0.4, -0.2) is 10.1 Å². The summed E-state index contributed by atoms with van der Waals surface area (Å²) >= 11 is 0. The topological polar surface area (TPSA) is 36.0 Å². The first-order valence-electron chi connectivity index (χ1n) is 3.13. The zero-order chi connectivity index (χ0) is 6.97. The molecule has 0 saturated carbocycles. The summed E-state index contributed by atoms with van der Waals surface area (Å²) < 4.78 is 0. The lowest BCUT2D eigenvalue weighted by molar-refractivity contribution is 0.476. The second-order valence-electron chi connectivity index (χ2n) is 2.22. The van der Waals surface area contributed by atoms with Gasteiger partial charge in [-0.3, -0.25) is 0 Å². The van der Waals surface area contributed by atoms with E-state index in [1.807, 2.05) is 18.2 Å². The highest BCUT2D eigenvalue weighted by Crippen LogP contribution is 2.28. The molecule has 0 aromatic rings. The molecule has 2 N–H and O–H groups in total. The van der Waals surface area contributed by atoms with Crippen LogP contribution in [0.5, 0.6) is 5.75 Å². The fourth-order valence-corrected chi connectivity index (χ4v) is 1.07. The molecular formula is C8H7NO. The smallest absolute Gasteiger partial charge is 0.126 e. The molecular weight excluding hydrogens is 126 g/mol. The van der Waals surface area contributed by atoms with Gasteiger partial charge in [-0.15, -0.1) is 0 Å². The molecule has 2 aliphatic rings. The summed E-state index contributed by atoms with van der Waals surface area (Å²) in [4.78, 5) is 3.01. The Kier molecular flexibility index (Phi) is 0.947. The number of fused-ring (bicyclic) bond motifs is 1. The van der Waals surface area contributed by atoms with Crippen molar-refractivity contribution in [2.45, 2.75) is 0 Å². The van der Waals surface area contributed by atoms with Crippen LogP contribution < -0.4 is 0 Å². The number of aromatic hydroxyl groups is 1. The van der Waals surface area contributed by atoms with Crippen molar-refractivity contribution < 1.29 is 5.11 Å². The van der Waals surface area contributed by atoms with Crippen LogP contribution in [-0.2, 0) is 0 Å². The van der Waals surface area contributed by atoms with Gasteiger partial charge < -0.3 is 10.1 Å². The highest BCUT2D eigenvalue weighted by molar-refractivity contribution is 5.68. The van der Waals surface area contributed by atoms with E-state index in [0.717, 1.165) is 11.3 Å². The quantitative estimate of drug-likeness (QED) is 0.565. The van der Waals surface area contributed by atoms with Crippen LogP contribution in [0.3, 0.4) is 0 Å². The molecule has 2 heteroatoms. The Morgan fingerprint density at radius 3 is 2.90 bits per heavy atom. The van der Waals surface area contributed by atoms with Crippen molar-refractivity contribution in [2.24, 2.45) is 0 Å². The molecule has 0 bridgehead atoms. The van der Waals surface area contributed by atoms with Gasteiger partial charge in [0, 0.05) is 17.5 Å². The summed E-state index contributed by atoms with van der Waals surface area (Å²) in [5.74, 6) is 0.332. The van der Waals surface area contributed by atoms with Crippen molar-refractivity contribution in [1.29, 1.82) is 0 Å². The maximum atomic E-state index is 9.24. The molecule has 1 aliphatic heterocycles. The number of hydrogen-bond acceptors (Lipinski definition) is 1. The first kappa shape index (κ1) is 5.35. The van der Waals surface area contributed by atoms with E-state index < -0.39 is 0 Å². The van der Waals surface area contributed by atoms with Gasteiger partial charge in [-0.05, 0) is 18.2 Å². The second-order valence-corrected chi connectivity index (χ2v) is 2.22. The molecule has 0 atom stereocenters. The minimum absolute atomic E-state index is 0.332. The zero-order valence-corrected chi connectivity index (χ0v) is 5.33. The predicted molar refractivity (Wildman–Crippen MR) is 39.1 cm³/mol. The van der Waals surface area contributed by atoms with Gasteiger partial charge in [0.15, 0.2) is 0 Å². The molecule has 50 valence electrons. The van der Waals surface area contributed by atoms with Gasteiger partial charge in [0.25, 0.3) is 0 Å². The number of pyridine rings is 1. The van der Waals surface area contributed by atoms with Crippen LogP contribution in [0, 0.1) is 0 Å². The minimum atomic E-state index is 0.332. The first-order chi connectivity index (χ1) is 4.88. The maximum Gasteiger partial charge on any atom is 0.126 e. The SMILES string of the molecule is Oc1cc[nH]c2cccc1-2. The Morgan fingerprint density at radius 1 is 1.20 bits per heavy atom. The maximum absolute atomic E-state index is 9.24. The number of H-pyrrole nitrogens is 1. The van der Waals surface area contributed by atoms with Crippen molar-refractivity contribution in [3.8, 4) is 17.0 Å². The fraction of sp³-hybridized carbons (Fsp3) is 0. The molecule has 0 radical (unpaired) electrons. The second kappa shape index (κ2) is 1.77. The van der Waals surface area contributed by atoms with Crippen LogP contribution in [0.2, 0.25) is 0 Å². The van der Waals surface area contributed by atoms with Crippen LogP contribution in [0.4, 0.5) is 0 Å². The summed E-state index contributed by atoms with van der Waals surface area (Å²) in [5, 5.41) is 9.24. The van der Waals surface area contributed by atoms with Gasteiger partial charge in [0.2, 0.25) is 0 Å². The Bertz CT molecular complexity index is 313. The number of rotatable bonds is 0. The van der Waals surface area contributed by atoms with E-state index in [2.05, 4.69) is 4.98 Å². The van der Waals surface area contributed by atoms with E-state index in [4.69, 9.17) is 0 Å². The van der Waals surface area contributed by atoms with Crippen LogP contribution >= 0.6 is 0 Å². The fourth-order valence-electron chi connectivity index (χ4n) is 1.07. The van der Waals surface area contributed by atoms with Crippen LogP contribution in [0.25, 0.3) is 11.3 Å². The molecule has 0 aromatic carbocycles. The first-order valence-corrected chi connectivity index (χ1v) is 3.13. The Labute approximate surface area is 58.5 Å². The molecule has 10 heavy (non-hydrogen) atoms. The molecule has 0 saturated heterocycles. The van der Waals surface area contributed by atoms with E-state index >= 15 is 0 Å². The van der Waals surface area contributed by atoms with Crippen molar-refractivity contribution >= 4 is 0 Å². The highest BCUT2D eigenvalue weighted by Gasteiger charge is 2.04. The average Bonchev–Trinajstić information content (AvgIpc) is 2.36. The molecule has 0 fully saturated rings. The van der Waals surface area contributed by atoms with Crippen molar-refractivity contribution in [1.82, 2.24) is 4.98 Å². The number of aromatic nitrogens is 1. The largest absolute Gasteiger partial charge is 0.507 e. The molecule has 2 nitrogen and oxygen atoms in total. The van der Waals surface area contributed by atoms with E-state index in [1.165, 1.54) is 0 Å². The van der Waals surface area contributed by atoms with Crippen molar-refractivity contribution in [2.75, 3.05) is 0 Å². The molecule has 0 spiro atoms. The average molecular weight is 133 g/mol. The lowest BCUT2D eigenvalue weighted by Gasteiger charge is -1.99. The Hall–Kier alpha value is -1.44. The number of hydrogen-bond donors (Lipinski definition) is 2. The molecule has 1 aliphatic carbocycles. The minimum Gasteiger partial charge on any atom is -0.507 e. The summed E-state index contributed by atoms with van der Waals surface area (Å²) in [6.45, 7) is 0. The standard InChI is InChI=1S/C8H7NO/c10-8-4-5-9-7-3-1-2-6(7)8/h1-5,9-10H. The molecule has 2 rings (SSSR count). The monoisotopic (exact) mass is 133 g/mol. The lowest BCUT2D eigenvalue weighted by Crippen LogP contribution is -1.78. The van der Waals surface area contributed by atoms with Gasteiger partial charge in [-0.25, -0.2) is 0 Å². The van der Waals surface area contributed by atoms with E-state index in [9.17, 15) is 5.11 Å². The van der Waals surface area contributed by atoms with Gasteiger partial charge >= 0.3 is 0 Å². The number of nitrogens with one attached hydrogen (secondary N) is 1. The third-order valence-corrected chi connectivity index (χ3v) is 1.57. The predicted octanol–water partition coefficient (Wildman–Crippen LogP) is 1.83. The normalized spacial score (nSPS) is 10.4. The van der Waals surface area contributed by atoms with E-state index in [0.29, 0.717) is 5.75 Å². The highest BCUT2D eigenvalue weighted by atomic mass is 16.3. The van der Waals surface area contributed by atoms with Crippen LogP contribution in [0.15, 0.2) is 30.5 Å². The summed E-state index contributed by atoms with van der Waals surface area (Å²) in [5.41, 5.74) is 1.85. The Balaban J connectivity index is 2.80. The van der Waals surface area contributed by atoms with Crippen molar-refractivity contribution in [3.63, 3.8) is 0 Å².